The molecule has 1 N–H and O–H groups in total. The molecule has 0 amide bonds. The first-order valence-electron chi connectivity index (χ1n) is 6.42. The Bertz CT molecular complexity index is 222. The van der Waals surface area contributed by atoms with Gasteiger partial charge in [-0.25, -0.2) is 4.79 Å². The Kier molecular flexibility index (Phi) is 8.78. The molecule has 0 fully saturated rings. The van der Waals surface area contributed by atoms with Crippen molar-refractivity contribution in [1.29, 1.82) is 0 Å². The summed E-state index contributed by atoms with van der Waals surface area (Å²) in [6.07, 6.45) is 7.40. The van der Waals surface area contributed by atoms with Crippen LogP contribution in [0.4, 0.5) is 0 Å². The number of rotatable bonds is 10. The Balaban J connectivity index is 3.51. The Labute approximate surface area is 105 Å². The summed E-state index contributed by atoms with van der Waals surface area (Å²) in [7, 11) is 0. The van der Waals surface area contributed by atoms with Gasteiger partial charge in [0.05, 0.1) is 6.61 Å². The molecule has 0 rings (SSSR count). The number of ether oxygens (including phenoxy) is 1. The van der Waals surface area contributed by atoms with Crippen LogP contribution in [0.1, 0.15) is 52.4 Å². The lowest BCUT2D eigenvalue weighted by atomic mass is 9.82. The van der Waals surface area contributed by atoms with Crippen molar-refractivity contribution in [3.05, 3.63) is 12.7 Å². The highest BCUT2D eigenvalue weighted by molar-refractivity contribution is 5.81. The zero-order valence-electron chi connectivity index (χ0n) is 11.2. The van der Waals surface area contributed by atoms with Crippen LogP contribution in [-0.2, 0) is 9.53 Å². The van der Waals surface area contributed by atoms with Crippen molar-refractivity contribution in [2.45, 2.75) is 52.4 Å². The van der Waals surface area contributed by atoms with Gasteiger partial charge in [-0.15, -0.1) is 0 Å². The van der Waals surface area contributed by atoms with Crippen LogP contribution in [-0.4, -0.2) is 24.3 Å². The fourth-order valence-corrected chi connectivity index (χ4v) is 1.78. The van der Waals surface area contributed by atoms with E-state index < -0.39 is 0 Å². The lowest BCUT2D eigenvalue weighted by Gasteiger charge is -2.24. The maximum atomic E-state index is 10.8. The summed E-state index contributed by atoms with van der Waals surface area (Å²) in [5.74, 6) is -0.341. The van der Waals surface area contributed by atoms with Gasteiger partial charge in [-0.2, -0.15) is 0 Å². The van der Waals surface area contributed by atoms with E-state index in [0.29, 0.717) is 12.0 Å². The zero-order chi connectivity index (χ0) is 13.1. The lowest BCUT2D eigenvalue weighted by Crippen LogP contribution is -2.12. The molecule has 0 unspecified atom stereocenters. The predicted molar refractivity (Wildman–Crippen MR) is 69.7 cm³/mol. The first kappa shape index (κ1) is 16.2. The molecule has 0 bridgehead atoms. The maximum absolute atomic E-state index is 10.8. The Morgan fingerprint density at radius 1 is 1.24 bits per heavy atom. The minimum atomic E-state index is -0.341. The van der Waals surface area contributed by atoms with Crippen LogP contribution >= 0.6 is 0 Å². The third-order valence-corrected chi connectivity index (χ3v) is 2.92. The molecular formula is C14H26O3. The van der Waals surface area contributed by atoms with E-state index in [1.54, 1.807) is 0 Å². The Hall–Kier alpha value is -0.830. The minimum Gasteiger partial charge on any atom is -0.463 e. The minimum absolute atomic E-state index is 0.285. The molecule has 0 aliphatic carbocycles. The van der Waals surface area contributed by atoms with E-state index in [2.05, 4.69) is 20.4 Å². The van der Waals surface area contributed by atoms with E-state index in [9.17, 15) is 4.79 Å². The summed E-state index contributed by atoms with van der Waals surface area (Å²) in [6.45, 7) is 8.61. The molecule has 0 aliphatic heterocycles. The van der Waals surface area contributed by atoms with Crippen LogP contribution in [0.3, 0.4) is 0 Å². The summed E-state index contributed by atoms with van der Waals surface area (Å²) in [6, 6.07) is 0. The average molecular weight is 242 g/mol. The van der Waals surface area contributed by atoms with E-state index in [4.69, 9.17) is 9.84 Å². The molecule has 0 aliphatic rings. The summed E-state index contributed by atoms with van der Waals surface area (Å²) in [5, 5.41) is 8.73. The second-order valence-corrected chi connectivity index (χ2v) is 5.17. The van der Waals surface area contributed by atoms with Gasteiger partial charge >= 0.3 is 5.97 Å². The normalized spacial score (nSPS) is 11.2. The maximum Gasteiger partial charge on any atom is 0.330 e. The summed E-state index contributed by atoms with van der Waals surface area (Å²) in [4.78, 5) is 10.8. The molecule has 0 aromatic heterocycles. The number of hydrogen-bond acceptors (Lipinski definition) is 3. The number of hydrogen-bond donors (Lipinski definition) is 1. The van der Waals surface area contributed by atoms with Crippen molar-refractivity contribution in [1.82, 2.24) is 0 Å². The van der Waals surface area contributed by atoms with Gasteiger partial charge in [-0.1, -0.05) is 26.8 Å². The summed E-state index contributed by atoms with van der Waals surface area (Å²) < 4.78 is 4.91. The van der Waals surface area contributed by atoms with Crippen molar-refractivity contribution in [3.63, 3.8) is 0 Å². The molecule has 100 valence electrons. The fraction of sp³-hybridized carbons (Fsp3) is 0.786. The van der Waals surface area contributed by atoms with E-state index in [1.165, 1.54) is 6.08 Å². The highest BCUT2D eigenvalue weighted by atomic mass is 16.5. The second kappa shape index (κ2) is 9.23. The third kappa shape index (κ3) is 10.1. The lowest BCUT2D eigenvalue weighted by molar-refractivity contribution is -0.137. The molecule has 0 aromatic rings. The molecule has 3 nitrogen and oxygen atoms in total. The first-order valence-corrected chi connectivity index (χ1v) is 6.42. The number of aliphatic hydroxyl groups excluding tert-OH is 1. The number of esters is 1. The van der Waals surface area contributed by atoms with Crippen LogP contribution in [0.25, 0.3) is 0 Å². The topological polar surface area (TPSA) is 46.5 Å². The largest absolute Gasteiger partial charge is 0.463 e. The van der Waals surface area contributed by atoms with Gasteiger partial charge in [-0.05, 0) is 37.5 Å². The van der Waals surface area contributed by atoms with Gasteiger partial charge in [0, 0.05) is 12.7 Å². The highest BCUT2D eigenvalue weighted by Crippen LogP contribution is 2.29. The van der Waals surface area contributed by atoms with Crippen LogP contribution in [0.5, 0.6) is 0 Å². The Morgan fingerprint density at radius 3 is 2.35 bits per heavy atom. The van der Waals surface area contributed by atoms with Crippen molar-refractivity contribution in [2.75, 3.05) is 13.2 Å². The van der Waals surface area contributed by atoms with Crippen LogP contribution < -0.4 is 0 Å². The molecular weight excluding hydrogens is 216 g/mol. The fourth-order valence-electron chi connectivity index (χ4n) is 1.78. The van der Waals surface area contributed by atoms with Crippen LogP contribution in [0.15, 0.2) is 12.7 Å². The van der Waals surface area contributed by atoms with E-state index in [1.807, 2.05) is 0 Å². The summed E-state index contributed by atoms with van der Waals surface area (Å²) in [5.41, 5.74) is 0.317. The van der Waals surface area contributed by atoms with Crippen LogP contribution in [0.2, 0.25) is 0 Å². The number of unbranched alkanes of at least 4 members (excludes halogenated alkanes) is 2. The standard InChI is InChI=1S/C14H26O3/c1-4-13(16)17-12-8-6-10-14(2,3)9-5-7-11-15/h4,15H,1,5-12H2,2-3H3. The third-order valence-electron chi connectivity index (χ3n) is 2.92. The zero-order valence-corrected chi connectivity index (χ0v) is 11.2. The monoisotopic (exact) mass is 242 g/mol. The Morgan fingerprint density at radius 2 is 1.82 bits per heavy atom. The molecule has 0 heterocycles. The van der Waals surface area contributed by atoms with Gasteiger partial charge in [0.2, 0.25) is 0 Å². The molecule has 17 heavy (non-hydrogen) atoms. The van der Waals surface area contributed by atoms with E-state index in [0.717, 1.165) is 38.5 Å². The van der Waals surface area contributed by atoms with E-state index >= 15 is 0 Å². The van der Waals surface area contributed by atoms with Crippen molar-refractivity contribution >= 4 is 5.97 Å². The quantitative estimate of drug-likeness (QED) is 0.364. The smallest absolute Gasteiger partial charge is 0.330 e. The molecule has 0 aromatic carbocycles. The summed E-state index contributed by atoms with van der Waals surface area (Å²) >= 11 is 0. The SMILES string of the molecule is C=CC(=O)OCCCCC(C)(C)CCCCO. The average Bonchev–Trinajstić information content (AvgIpc) is 2.28. The van der Waals surface area contributed by atoms with Crippen molar-refractivity contribution in [3.8, 4) is 0 Å². The van der Waals surface area contributed by atoms with Crippen molar-refractivity contribution < 1.29 is 14.6 Å². The predicted octanol–water partition coefficient (Wildman–Crippen LogP) is 3.07. The van der Waals surface area contributed by atoms with Gasteiger partial charge in [0.1, 0.15) is 0 Å². The van der Waals surface area contributed by atoms with Gasteiger partial charge in [0.25, 0.3) is 0 Å². The molecule has 3 heteroatoms. The molecule has 0 saturated carbocycles. The second-order valence-electron chi connectivity index (χ2n) is 5.17. The molecule has 0 atom stereocenters. The number of carbonyl (C=O) groups excluding carboxylic acids is 1. The number of carbonyl (C=O) groups is 1. The molecule has 0 spiro atoms. The van der Waals surface area contributed by atoms with Gasteiger partial charge < -0.3 is 9.84 Å². The van der Waals surface area contributed by atoms with Gasteiger partial charge in [0.15, 0.2) is 0 Å². The van der Waals surface area contributed by atoms with Crippen molar-refractivity contribution in [2.24, 2.45) is 5.41 Å². The first-order chi connectivity index (χ1) is 8.02. The van der Waals surface area contributed by atoms with Gasteiger partial charge in [-0.3, -0.25) is 0 Å². The molecule has 0 saturated heterocycles. The molecule has 0 radical (unpaired) electrons. The highest BCUT2D eigenvalue weighted by Gasteiger charge is 2.16. The van der Waals surface area contributed by atoms with E-state index in [-0.39, 0.29) is 12.6 Å². The number of aliphatic hydroxyl groups is 1. The van der Waals surface area contributed by atoms with Crippen LogP contribution in [0, 0.1) is 5.41 Å².